The van der Waals surface area contributed by atoms with Crippen molar-refractivity contribution in [1.29, 1.82) is 0 Å². The van der Waals surface area contributed by atoms with Crippen molar-refractivity contribution in [3.05, 3.63) is 45.7 Å². The third kappa shape index (κ3) is 2.54. The Hall–Kier alpha value is -2.61. The first-order chi connectivity index (χ1) is 9.54. The van der Waals surface area contributed by atoms with Crippen molar-refractivity contribution in [1.82, 2.24) is 10.2 Å². The van der Waals surface area contributed by atoms with Gasteiger partial charge in [-0.2, -0.15) is 8.78 Å². The number of alkyl halides is 2. The molecule has 0 saturated carbocycles. The molecule has 0 atom stereocenters. The molecule has 104 valence electrons. The van der Waals surface area contributed by atoms with Crippen LogP contribution in [0.3, 0.4) is 0 Å². The Morgan fingerprint density at radius 1 is 1.25 bits per heavy atom. The smallest absolute Gasteiger partial charge is 0.314 e. The molecule has 0 saturated heterocycles. The highest BCUT2D eigenvalue weighted by Crippen LogP contribution is 2.28. The summed E-state index contributed by atoms with van der Waals surface area (Å²) in [5, 5.41) is 9.33. The van der Waals surface area contributed by atoms with Crippen LogP contribution in [0.25, 0.3) is 21.9 Å². The zero-order valence-electron chi connectivity index (χ0n) is 9.60. The number of hydrogen-bond acceptors (Lipinski definition) is 4. The summed E-state index contributed by atoms with van der Waals surface area (Å²) in [6, 6.07) is 2.21. The van der Waals surface area contributed by atoms with Crippen molar-refractivity contribution in [2.75, 3.05) is 0 Å². The van der Waals surface area contributed by atoms with E-state index in [-0.39, 0.29) is 12.1 Å². The van der Waals surface area contributed by atoms with Crippen molar-refractivity contribution in [2.24, 2.45) is 5.11 Å². The minimum atomic E-state index is -3.01. The van der Waals surface area contributed by atoms with Crippen LogP contribution in [0.5, 0.6) is 0 Å². The van der Waals surface area contributed by atoms with E-state index in [0.29, 0.717) is 0 Å². The van der Waals surface area contributed by atoms with Crippen LogP contribution in [0.2, 0.25) is 0 Å². The predicted octanol–water partition coefficient (Wildman–Crippen LogP) is 3.76. The summed E-state index contributed by atoms with van der Waals surface area (Å²) in [6.07, 6.45) is -3.01. The SMILES string of the molecule is [N-]=[N+]=NCc1ccc(-c2nnc(C(F)F)o2)c(F)c1F. The molecule has 0 N–H and O–H groups in total. The van der Waals surface area contributed by atoms with Gasteiger partial charge in [-0.05, 0) is 17.2 Å². The van der Waals surface area contributed by atoms with Crippen molar-refractivity contribution in [3.63, 3.8) is 0 Å². The van der Waals surface area contributed by atoms with Gasteiger partial charge in [0, 0.05) is 4.91 Å². The van der Waals surface area contributed by atoms with Gasteiger partial charge in [-0.1, -0.05) is 11.2 Å². The van der Waals surface area contributed by atoms with Crippen LogP contribution in [0.1, 0.15) is 17.9 Å². The lowest BCUT2D eigenvalue weighted by Crippen LogP contribution is -1.96. The normalized spacial score (nSPS) is 10.7. The molecule has 2 rings (SSSR count). The number of rotatable bonds is 4. The highest BCUT2D eigenvalue weighted by molar-refractivity contribution is 5.54. The molecular weight excluding hydrogens is 282 g/mol. The fourth-order valence-corrected chi connectivity index (χ4v) is 1.42. The first-order valence-corrected chi connectivity index (χ1v) is 5.14. The predicted molar refractivity (Wildman–Crippen MR) is 57.5 cm³/mol. The average Bonchev–Trinajstić information content (AvgIpc) is 2.90. The number of benzene rings is 1. The van der Waals surface area contributed by atoms with Gasteiger partial charge in [0.15, 0.2) is 11.6 Å². The molecule has 0 aliphatic carbocycles. The van der Waals surface area contributed by atoms with Crippen molar-refractivity contribution < 1.29 is 22.0 Å². The van der Waals surface area contributed by atoms with Gasteiger partial charge in [0.1, 0.15) is 0 Å². The van der Waals surface area contributed by atoms with E-state index in [0.717, 1.165) is 12.1 Å². The second-order valence-electron chi connectivity index (χ2n) is 3.54. The summed E-state index contributed by atoms with van der Waals surface area (Å²) in [6.45, 7) is -0.383. The molecule has 0 bridgehead atoms. The van der Waals surface area contributed by atoms with Crippen LogP contribution in [0.4, 0.5) is 17.6 Å². The van der Waals surface area contributed by atoms with Crippen LogP contribution in [-0.4, -0.2) is 10.2 Å². The van der Waals surface area contributed by atoms with Gasteiger partial charge in [0.05, 0.1) is 12.1 Å². The van der Waals surface area contributed by atoms with Crippen LogP contribution >= 0.6 is 0 Å². The lowest BCUT2D eigenvalue weighted by atomic mass is 10.1. The van der Waals surface area contributed by atoms with Crippen LogP contribution < -0.4 is 0 Å². The summed E-state index contributed by atoms with van der Waals surface area (Å²) in [7, 11) is 0. The van der Waals surface area contributed by atoms with E-state index in [1.165, 1.54) is 0 Å². The third-order valence-electron chi connectivity index (χ3n) is 2.32. The van der Waals surface area contributed by atoms with Gasteiger partial charge < -0.3 is 4.42 Å². The Bertz CT molecular complexity index is 680. The van der Waals surface area contributed by atoms with Gasteiger partial charge in [-0.25, -0.2) is 8.78 Å². The minimum Gasteiger partial charge on any atom is -0.415 e. The molecule has 20 heavy (non-hydrogen) atoms. The second kappa shape index (κ2) is 5.57. The molecule has 1 heterocycles. The maximum absolute atomic E-state index is 13.8. The number of azide groups is 1. The van der Waals surface area contributed by atoms with Crippen molar-refractivity contribution in [2.45, 2.75) is 13.0 Å². The van der Waals surface area contributed by atoms with E-state index < -0.39 is 35.4 Å². The number of hydrogen-bond donors (Lipinski definition) is 0. The summed E-state index contributed by atoms with van der Waals surface area (Å²) in [5.41, 5.74) is 7.48. The fourth-order valence-electron chi connectivity index (χ4n) is 1.42. The largest absolute Gasteiger partial charge is 0.415 e. The Labute approximate surface area is 108 Å². The van der Waals surface area contributed by atoms with Crippen LogP contribution in [-0.2, 0) is 6.54 Å². The molecule has 0 amide bonds. The van der Waals surface area contributed by atoms with Gasteiger partial charge in [-0.15, -0.1) is 10.2 Å². The summed E-state index contributed by atoms with van der Waals surface area (Å²) in [4.78, 5) is 2.42. The third-order valence-corrected chi connectivity index (χ3v) is 2.32. The highest BCUT2D eigenvalue weighted by Gasteiger charge is 2.21. The molecular formula is C10H5F4N5O. The number of nitrogens with zero attached hydrogens (tertiary/aromatic N) is 5. The van der Waals surface area contributed by atoms with Gasteiger partial charge in [0.2, 0.25) is 0 Å². The summed E-state index contributed by atoms with van der Waals surface area (Å²) >= 11 is 0. The Morgan fingerprint density at radius 3 is 2.60 bits per heavy atom. The molecule has 0 unspecified atom stereocenters. The summed E-state index contributed by atoms with van der Waals surface area (Å²) in [5.74, 6) is -4.17. The molecule has 6 nitrogen and oxygen atoms in total. The first kappa shape index (κ1) is 13.8. The summed E-state index contributed by atoms with van der Waals surface area (Å²) < 4.78 is 56.5. The second-order valence-corrected chi connectivity index (χ2v) is 3.54. The maximum Gasteiger partial charge on any atom is 0.314 e. The highest BCUT2D eigenvalue weighted by atomic mass is 19.3. The van der Waals surface area contributed by atoms with Gasteiger partial charge in [0.25, 0.3) is 11.8 Å². The maximum atomic E-state index is 13.8. The lowest BCUT2D eigenvalue weighted by molar-refractivity contribution is 0.116. The standard InChI is InChI=1S/C10H5F4N5O/c11-6-4(3-16-19-15)1-2-5(7(6)12)9-17-18-10(20-9)8(13)14/h1-2,8H,3H2. The molecule has 1 aromatic carbocycles. The van der Waals surface area contributed by atoms with E-state index >= 15 is 0 Å². The van der Waals surface area contributed by atoms with E-state index in [2.05, 4.69) is 24.6 Å². The lowest BCUT2D eigenvalue weighted by Gasteiger charge is -2.03. The quantitative estimate of drug-likeness (QED) is 0.371. The Kier molecular flexibility index (Phi) is 3.85. The van der Waals surface area contributed by atoms with E-state index in [4.69, 9.17) is 5.53 Å². The average molecular weight is 287 g/mol. The molecule has 0 radical (unpaired) electrons. The van der Waals surface area contributed by atoms with Crippen LogP contribution in [0, 0.1) is 11.6 Å². The molecule has 0 fully saturated rings. The molecule has 0 aliphatic rings. The Morgan fingerprint density at radius 2 is 2.00 bits per heavy atom. The molecule has 0 aliphatic heterocycles. The molecule has 1 aromatic heterocycles. The first-order valence-electron chi connectivity index (χ1n) is 5.14. The van der Waals surface area contributed by atoms with E-state index in [1.54, 1.807) is 0 Å². The van der Waals surface area contributed by atoms with Crippen molar-refractivity contribution in [3.8, 4) is 11.5 Å². The molecule has 2 aromatic rings. The Balaban J connectivity index is 2.42. The molecule has 0 spiro atoms. The van der Waals surface area contributed by atoms with E-state index in [9.17, 15) is 17.6 Å². The van der Waals surface area contributed by atoms with Crippen LogP contribution in [0.15, 0.2) is 21.7 Å². The zero-order valence-corrected chi connectivity index (χ0v) is 9.60. The van der Waals surface area contributed by atoms with Crippen molar-refractivity contribution >= 4 is 0 Å². The minimum absolute atomic E-state index is 0.183. The number of aromatic nitrogens is 2. The molecule has 10 heteroatoms. The monoisotopic (exact) mass is 287 g/mol. The van der Waals surface area contributed by atoms with E-state index in [1.807, 2.05) is 0 Å². The zero-order chi connectivity index (χ0) is 14.7. The van der Waals surface area contributed by atoms with Gasteiger partial charge in [-0.3, -0.25) is 0 Å². The van der Waals surface area contributed by atoms with Gasteiger partial charge >= 0.3 is 6.43 Å². The fraction of sp³-hybridized carbons (Fsp3) is 0.200. The number of halogens is 4. The topological polar surface area (TPSA) is 87.7 Å².